The summed E-state index contributed by atoms with van der Waals surface area (Å²) in [6.07, 6.45) is 8.92. The maximum atomic E-state index is 11.7. The summed E-state index contributed by atoms with van der Waals surface area (Å²) in [4.78, 5) is 23.4. The third-order valence-corrected chi connectivity index (χ3v) is 4.49. The summed E-state index contributed by atoms with van der Waals surface area (Å²) in [5, 5.41) is 5.61. The van der Waals surface area contributed by atoms with Crippen LogP contribution in [0.1, 0.15) is 51.4 Å². The third kappa shape index (κ3) is 5.12. The fourth-order valence-electron chi connectivity index (χ4n) is 3.03. The second kappa shape index (κ2) is 7.62. The van der Waals surface area contributed by atoms with Crippen molar-refractivity contribution in [3.63, 3.8) is 0 Å². The molecule has 0 spiro atoms. The second-order valence-electron chi connectivity index (χ2n) is 6.21. The fraction of sp³-hybridized carbons (Fsp3) is 0.867. The molecule has 0 bridgehead atoms. The van der Waals surface area contributed by atoms with E-state index in [2.05, 4.69) is 10.6 Å². The maximum absolute atomic E-state index is 11.7. The number of rotatable bonds is 8. The van der Waals surface area contributed by atoms with E-state index in [4.69, 9.17) is 5.73 Å². The minimum absolute atomic E-state index is 0.0113. The summed E-state index contributed by atoms with van der Waals surface area (Å²) < 4.78 is 0. The molecular formula is C15H27N3O2. The standard InChI is InChI=1S/C15H27N3O2/c16-9-13(12-6-7-12)18-15(20)10-17-14(19)8-5-11-3-1-2-4-11/h11-13H,1-10,16H2,(H,17,19)(H,18,20). The molecular weight excluding hydrogens is 254 g/mol. The van der Waals surface area contributed by atoms with Crippen molar-refractivity contribution in [2.45, 2.75) is 57.4 Å². The van der Waals surface area contributed by atoms with Crippen LogP contribution in [-0.2, 0) is 9.59 Å². The molecule has 2 aliphatic carbocycles. The van der Waals surface area contributed by atoms with Gasteiger partial charge in [0.05, 0.1) is 6.54 Å². The Morgan fingerprint density at radius 2 is 1.80 bits per heavy atom. The van der Waals surface area contributed by atoms with Crippen LogP contribution in [0.5, 0.6) is 0 Å². The molecule has 2 saturated carbocycles. The van der Waals surface area contributed by atoms with Crippen molar-refractivity contribution < 1.29 is 9.59 Å². The van der Waals surface area contributed by atoms with Crippen LogP contribution in [0.15, 0.2) is 0 Å². The molecule has 0 aromatic carbocycles. The van der Waals surface area contributed by atoms with E-state index in [-0.39, 0.29) is 24.4 Å². The lowest BCUT2D eigenvalue weighted by molar-refractivity contribution is -0.126. The molecule has 0 aromatic heterocycles. The summed E-state index contributed by atoms with van der Waals surface area (Å²) in [6.45, 7) is 0.554. The van der Waals surface area contributed by atoms with Gasteiger partial charge >= 0.3 is 0 Å². The van der Waals surface area contributed by atoms with Crippen molar-refractivity contribution in [2.75, 3.05) is 13.1 Å². The second-order valence-corrected chi connectivity index (χ2v) is 6.21. The zero-order valence-corrected chi connectivity index (χ0v) is 12.2. The van der Waals surface area contributed by atoms with Gasteiger partial charge in [-0.05, 0) is 31.1 Å². The highest BCUT2D eigenvalue weighted by atomic mass is 16.2. The largest absolute Gasteiger partial charge is 0.350 e. The Morgan fingerprint density at radius 1 is 1.10 bits per heavy atom. The average molecular weight is 281 g/mol. The summed E-state index contributed by atoms with van der Waals surface area (Å²) in [5.74, 6) is 1.12. The number of carbonyl (C=O) groups excluding carboxylic acids is 2. The molecule has 0 saturated heterocycles. The molecule has 0 radical (unpaired) electrons. The zero-order chi connectivity index (χ0) is 14.4. The lowest BCUT2D eigenvalue weighted by atomic mass is 10.0. The van der Waals surface area contributed by atoms with Crippen LogP contribution < -0.4 is 16.4 Å². The summed E-state index contributed by atoms with van der Waals surface area (Å²) in [5.41, 5.74) is 5.63. The molecule has 114 valence electrons. The van der Waals surface area contributed by atoms with Crippen LogP contribution in [0.4, 0.5) is 0 Å². The minimum atomic E-state index is -0.124. The summed E-state index contributed by atoms with van der Waals surface area (Å²) in [6, 6.07) is 0.0814. The van der Waals surface area contributed by atoms with Gasteiger partial charge in [-0.15, -0.1) is 0 Å². The monoisotopic (exact) mass is 281 g/mol. The van der Waals surface area contributed by atoms with Gasteiger partial charge in [0.1, 0.15) is 0 Å². The van der Waals surface area contributed by atoms with Crippen LogP contribution in [0.3, 0.4) is 0 Å². The average Bonchev–Trinajstić information content (AvgIpc) is 3.16. The highest BCUT2D eigenvalue weighted by Crippen LogP contribution is 2.32. The van der Waals surface area contributed by atoms with Crippen LogP contribution in [-0.4, -0.2) is 30.9 Å². The Balaban J connectivity index is 1.56. The summed E-state index contributed by atoms with van der Waals surface area (Å²) in [7, 11) is 0. The molecule has 1 unspecified atom stereocenters. The highest BCUT2D eigenvalue weighted by molar-refractivity contribution is 5.84. The zero-order valence-electron chi connectivity index (χ0n) is 12.2. The van der Waals surface area contributed by atoms with Crippen molar-refractivity contribution in [2.24, 2.45) is 17.6 Å². The SMILES string of the molecule is NCC(NC(=O)CNC(=O)CCC1CCCC1)C1CC1. The first-order chi connectivity index (χ1) is 9.69. The van der Waals surface area contributed by atoms with E-state index >= 15 is 0 Å². The van der Waals surface area contributed by atoms with Gasteiger partial charge in [-0.1, -0.05) is 25.7 Å². The molecule has 2 aliphatic rings. The van der Waals surface area contributed by atoms with Crippen molar-refractivity contribution in [1.29, 1.82) is 0 Å². The molecule has 2 fully saturated rings. The van der Waals surface area contributed by atoms with Crippen LogP contribution in [0.25, 0.3) is 0 Å². The molecule has 2 amide bonds. The first-order valence-corrected chi connectivity index (χ1v) is 7.95. The van der Waals surface area contributed by atoms with Gasteiger partial charge in [-0.2, -0.15) is 0 Å². The van der Waals surface area contributed by atoms with E-state index in [0.717, 1.165) is 19.3 Å². The van der Waals surface area contributed by atoms with Crippen LogP contribution >= 0.6 is 0 Å². The predicted octanol–water partition coefficient (Wildman–Crippen LogP) is 0.926. The van der Waals surface area contributed by atoms with E-state index < -0.39 is 0 Å². The molecule has 0 heterocycles. The molecule has 1 atom stereocenters. The Kier molecular flexibility index (Phi) is 5.83. The van der Waals surface area contributed by atoms with E-state index in [1.807, 2.05) is 0 Å². The van der Waals surface area contributed by atoms with E-state index in [9.17, 15) is 9.59 Å². The smallest absolute Gasteiger partial charge is 0.239 e. The van der Waals surface area contributed by atoms with Gasteiger partial charge in [-0.25, -0.2) is 0 Å². The Morgan fingerprint density at radius 3 is 2.40 bits per heavy atom. The van der Waals surface area contributed by atoms with Gasteiger partial charge in [0, 0.05) is 19.0 Å². The maximum Gasteiger partial charge on any atom is 0.239 e. The first kappa shape index (κ1) is 15.3. The summed E-state index contributed by atoms with van der Waals surface area (Å²) >= 11 is 0. The number of amides is 2. The van der Waals surface area contributed by atoms with Gasteiger partial charge in [-0.3, -0.25) is 9.59 Å². The minimum Gasteiger partial charge on any atom is -0.350 e. The number of hydrogen-bond donors (Lipinski definition) is 3. The van der Waals surface area contributed by atoms with Crippen molar-refractivity contribution >= 4 is 11.8 Å². The van der Waals surface area contributed by atoms with E-state index in [1.165, 1.54) is 25.7 Å². The molecule has 0 aliphatic heterocycles. The van der Waals surface area contributed by atoms with Crippen molar-refractivity contribution in [3.8, 4) is 0 Å². The number of nitrogens with one attached hydrogen (secondary N) is 2. The van der Waals surface area contributed by atoms with E-state index in [0.29, 0.717) is 24.8 Å². The molecule has 2 rings (SSSR count). The van der Waals surface area contributed by atoms with Gasteiger partial charge in [0.15, 0.2) is 0 Å². The van der Waals surface area contributed by atoms with Gasteiger partial charge in [0.2, 0.25) is 11.8 Å². The van der Waals surface area contributed by atoms with Crippen LogP contribution in [0, 0.1) is 11.8 Å². The fourth-order valence-corrected chi connectivity index (χ4v) is 3.03. The first-order valence-electron chi connectivity index (χ1n) is 7.95. The predicted molar refractivity (Wildman–Crippen MR) is 77.9 cm³/mol. The Bertz CT molecular complexity index is 336. The van der Waals surface area contributed by atoms with Crippen molar-refractivity contribution in [3.05, 3.63) is 0 Å². The molecule has 4 N–H and O–H groups in total. The lowest BCUT2D eigenvalue weighted by Crippen LogP contribution is -2.46. The van der Waals surface area contributed by atoms with E-state index in [1.54, 1.807) is 0 Å². The third-order valence-electron chi connectivity index (χ3n) is 4.49. The highest BCUT2D eigenvalue weighted by Gasteiger charge is 2.31. The quantitative estimate of drug-likeness (QED) is 0.619. The molecule has 5 heteroatoms. The lowest BCUT2D eigenvalue weighted by Gasteiger charge is -2.16. The molecule has 20 heavy (non-hydrogen) atoms. The number of nitrogens with two attached hydrogens (primary N) is 1. The van der Waals surface area contributed by atoms with Crippen molar-refractivity contribution in [1.82, 2.24) is 10.6 Å². The topological polar surface area (TPSA) is 84.2 Å². The molecule has 0 aromatic rings. The normalized spacial score (nSPS) is 20.6. The van der Waals surface area contributed by atoms with Gasteiger partial charge < -0.3 is 16.4 Å². The molecule has 5 nitrogen and oxygen atoms in total. The Labute approximate surface area is 121 Å². The van der Waals surface area contributed by atoms with Crippen LogP contribution in [0.2, 0.25) is 0 Å². The number of hydrogen-bond acceptors (Lipinski definition) is 3. The number of carbonyl (C=O) groups is 2. The Hall–Kier alpha value is -1.10. The van der Waals surface area contributed by atoms with Gasteiger partial charge in [0.25, 0.3) is 0 Å².